The molecule has 1 aliphatic carbocycles. The first-order chi connectivity index (χ1) is 6.81. The van der Waals surface area contributed by atoms with Crippen LogP contribution in [0.3, 0.4) is 0 Å². The van der Waals surface area contributed by atoms with Crippen molar-refractivity contribution in [3.63, 3.8) is 0 Å². The van der Waals surface area contributed by atoms with Crippen molar-refractivity contribution in [2.45, 2.75) is 41.0 Å². The van der Waals surface area contributed by atoms with Crippen molar-refractivity contribution in [2.24, 2.45) is 16.5 Å². The van der Waals surface area contributed by atoms with Gasteiger partial charge in [-0.1, -0.05) is 31.5 Å². The van der Waals surface area contributed by atoms with E-state index < -0.39 is 0 Å². The summed E-state index contributed by atoms with van der Waals surface area (Å²) in [6.07, 6.45) is 0.861. The Morgan fingerprint density at radius 3 is 2.53 bits per heavy atom. The molecule has 84 valence electrons. The van der Waals surface area contributed by atoms with Gasteiger partial charge in [-0.3, -0.25) is 4.79 Å². The molecule has 1 aliphatic rings. The van der Waals surface area contributed by atoms with E-state index >= 15 is 0 Å². The summed E-state index contributed by atoms with van der Waals surface area (Å²) in [6, 6.07) is 0. The molecule has 0 amide bonds. The van der Waals surface area contributed by atoms with Gasteiger partial charge in [0.15, 0.2) is 5.78 Å². The van der Waals surface area contributed by atoms with Crippen LogP contribution in [0.5, 0.6) is 0 Å². The summed E-state index contributed by atoms with van der Waals surface area (Å²) in [4.78, 5) is 12.2. The summed E-state index contributed by atoms with van der Waals surface area (Å²) < 4.78 is 0. The number of rotatable bonds is 1. The largest absolute Gasteiger partial charge is 0.411 e. The highest BCUT2D eigenvalue weighted by molar-refractivity contribution is 6.24. The third-order valence-corrected chi connectivity index (χ3v) is 3.30. The summed E-state index contributed by atoms with van der Waals surface area (Å²) in [5.74, 6) is 0.456. The Labute approximate surface area is 90.9 Å². The number of hydrogen-bond acceptors (Lipinski definition) is 3. The van der Waals surface area contributed by atoms with Crippen LogP contribution in [0.25, 0.3) is 0 Å². The van der Waals surface area contributed by atoms with Crippen LogP contribution < -0.4 is 0 Å². The van der Waals surface area contributed by atoms with E-state index in [0.717, 1.165) is 12.0 Å². The zero-order valence-electron chi connectivity index (χ0n) is 10.1. The Morgan fingerprint density at radius 1 is 1.53 bits per heavy atom. The lowest BCUT2D eigenvalue weighted by Crippen LogP contribution is -2.36. The molecule has 3 nitrogen and oxygen atoms in total. The highest BCUT2D eigenvalue weighted by atomic mass is 16.4. The summed E-state index contributed by atoms with van der Waals surface area (Å²) >= 11 is 0. The van der Waals surface area contributed by atoms with Crippen molar-refractivity contribution in [3.8, 4) is 0 Å². The second-order valence-corrected chi connectivity index (χ2v) is 5.06. The molecular formula is C12H19NO2. The van der Waals surface area contributed by atoms with Crippen LogP contribution in [-0.2, 0) is 4.79 Å². The molecule has 0 bridgehead atoms. The summed E-state index contributed by atoms with van der Waals surface area (Å²) in [5.41, 5.74) is 1.73. The summed E-state index contributed by atoms with van der Waals surface area (Å²) in [7, 11) is 0. The van der Waals surface area contributed by atoms with Crippen molar-refractivity contribution in [2.75, 3.05) is 0 Å². The van der Waals surface area contributed by atoms with Gasteiger partial charge in [0.2, 0.25) is 0 Å². The molecule has 1 atom stereocenters. The first-order valence-corrected chi connectivity index (χ1v) is 5.26. The second kappa shape index (κ2) is 3.80. The minimum Gasteiger partial charge on any atom is -0.411 e. The molecule has 0 saturated heterocycles. The van der Waals surface area contributed by atoms with Crippen LogP contribution in [0.1, 0.15) is 41.0 Å². The number of hydrogen-bond donors (Lipinski definition) is 1. The van der Waals surface area contributed by atoms with Crippen LogP contribution in [0.2, 0.25) is 0 Å². The van der Waals surface area contributed by atoms with Crippen LogP contribution in [0.15, 0.2) is 16.3 Å². The van der Waals surface area contributed by atoms with Crippen LogP contribution in [-0.4, -0.2) is 16.7 Å². The van der Waals surface area contributed by atoms with Crippen molar-refractivity contribution < 1.29 is 10.0 Å². The molecule has 0 aromatic rings. The number of carbonyl (C=O) groups excluding carboxylic acids is 1. The van der Waals surface area contributed by atoms with Gasteiger partial charge in [-0.25, -0.2) is 0 Å². The Balaban J connectivity index is 3.31. The predicted octanol–water partition coefficient (Wildman–Crippen LogP) is 2.79. The van der Waals surface area contributed by atoms with Crippen LogP contribution >= 0.6 is 0 Å². The Morgan fingerprint density at radius 2 is 2.07 bits per heavy atom. The number of allylic oxidation sites excluding steroid dienone is 2. The Kier molecular flexibility index (Phi) is 3.03. The zero-order chi connectivity index (χ0) is 11.8. The highest BCUT2D eigenvalue weighted by Crippen LogP contribution is 2.39. The van der Waals surface area contributed by atoms with Gasteiger partial charge in [-0.05, 0) is 26.2 Å². The minimum atomic E-state index is -0.347. The molecule has 0 spiro atoms. The fourth-order valence-corrected chi connectivity index (χ4v) is 2.27. The van der Waals surface area contributed by atoms with Gasteiger partial charge in [0.05, 0.1) is 5.71 Å². The first-order valence-electron chi connectivity index (χ1n) is 5.26. The molecule has 0 saturated carbocycles. The maximum Gasteiger partial charge on any atom is 0.170 e. The number of ketones is 1. The van der Waals surface area contributed by atoms with E-state index in [1.807, 2.05) is 20.8 Å². The van der Waals surface area contributed by atoms with Crippen LogP contribution in [0, 0.1) is 11.3 Å². The Bertz CT molecular complexity index is 351. The number of Topliss-reactive ketones (excluding diaryl/α,β-unsaturated/α-hetero) is 1. The molecule has 0 aromatic carbocycles. The van der Waals surface area contributed by atoms with Crippen molar-refractivity contribution in [3.05, 3.63) is 11.1 Å². The number of nitrogens with zero attached hydrogens (tertiary/aromatic N) is 1. The molecular weight excluding hydrogens is 190 g/mol. The summed E-state index contributed by atoms with van der Waals surface area (Å²) in [5, 5.41) is 11.9. The maximum atomic E-state index is 12.2. The highest BCUT2D eigenvalue weighted by Gasteiger charge is 2.38. The van der Waals surface area contributed by atoms with Crippen molar-refractivity contribution in [1.82, 2.24) is 0 Å². The van der Waals surface area contributed by atoms with Gasteiger partial charge in [0.1, 0.15) is 0 Å². The van der Waals surface area contributed by atoms with Gasteiger partial charge in [-0.2, -0.15) is 0 Å². The molecule has 3 heteroatoms. The normalized spacial score (nSPS) is 27.1. The van der Waals surface area contributed by atoms with Gasteiger partial charge in [-0.15, -0.1) is 0 Å². The van der Waals surface area contributed by atoms with Gasteiger partial charge in [0, 0.05) is 11.0 Å². The standard InChI is InChI=1S/C12H19NO2/c1-7-6-12(4,5)11(14)10(8(7)2)9(3)13-15/h7,15H,6H2,1-5H3/b13-9+. The average Bonchev–Trinajstić information content (AvgIpc) is 2.14. The third-order valence-electron chi connectivity index (χ3n) is 3.30. The smallest absolute Gasteiger partial charge is 0.170 e. The molecule has 1 rings (SSSR count). The van der Waals surface area contributed by atoms with Crippen molar-refractivity contribution >= 4 is 11.5 Å². The monoisotopic (exact) mass is 209 g/mol. The average molecular weight is 209 g/mol. The lowest BCUT2D eigenvalue weighted by Gasteiger charge is -2.34. The SMILES string of the molecule is CC1=C(/C(C)=N/O)C(=O)C(C)(C)CC1C. The fourth-order valence-electron chi connectivity index (χ4n) is 2.27. The quantitative estimate of drug-likeness (QED) is 0.410. The lowest BCUT2D eigenvalue weighted by molar-refractivity contribution is -0.124. The molecule has 0 radical (unpaired) electrons. The number of carbonyl (C=O) groups is 1. The lowest BCUT2D eigenvalue weighted by atomic mass is 9.68. The van der Waals surface area contributed by atoms with Gasteiger partial charge < -0.3 is 5.21 Å². The zero-order valence-corrected chi connectivity index (χ0v) is 10.1. The van der Waals surface area contributed by atoms with E-state index in [0.29, 0.717) is 17.2 Å². The van der Waals surface area contributed by atoms with Crippen LogP contribution in [0.4, 0.5) is 0 Å². The van der Waals surface area contributed by atoms with E-state index in [1.54, 1.807) is 6.92 Å². The van der Waals surface area contributed by atoms with E-state index in [9.17, 15) is 4.79 Å². The molecule has 0 heterocycles. The summed E-state index contributed by atoms with van der Waals surface area (Å²) in [6.45, 7) is 9.62. The van der Waals surface area contributed by atoms with E-state index in [1.165, 1.54) is 0 Å². The van der Waals surface area contributed by atoms with E-state index in [4.69, 9.17) is 5.21 Å². The van der Waals surface area contributed by atoms with E-state index in [2.05, 4.69) is 12.1 Å². The first kappa shape index (κ1) is 12.0. The molecule has 0 aromatic heterocycles. The number of oxime groups is 1. The maximum absolute atomic E-state index is 12.2. The molecule has 1 N–H and O–H groups in total. The van der Waals surface area contributed by atoms with E-state index in [-0.39, 0.29) is 11.2 Å². The molecule has 0 aliphatic heterocycles. The molecule has 0 fully saturated rings. The van der Waals surface area contributed by atoms with Gasteiger partial charge >= 0.3 is 0 Å². The van der Waals surface area contributed by atoms with Gasteiger partial charge in [0.25, 0.3) is 0 Å². The topological polar surface area (TPSA) is 49.7 Å². The second-order valence-electron chi connectivity index (χ2n) is 5.06. The fraction of sp³-hybridized carbons (Fsp3) is 0.667. The van der Waals surface area contributed by atoms with Crippen molar-refractivity contribution in [1.29, 1.82) is 0 Å². The third kappa shape index (κ3) is 1.96. The minimum absolute atomic E-state index is 0.0911. The molecule has 1 unspecified atom stereocenters. The Hall–Kier alpha value is -1.12. The molecule has 15 heavy (non-hydrogen) atoms. The predicted molar refractivity (Wildman–Crippen MR) is 60.2 cm³/mol.